The minimum atomic E-state index is -0.113. The van der Waals surface area contributed by atoms with Gasteiger partial charge in [-0.15, -0.1) is 0 Å². The van der Waals surface area contributed by atoms with Gasteiger partial charge in [0.05, 0.1) is 0 Å². The topological polar surface area (TPSA) is 62.0 Å². The van der Waals surface area contributed by atoms with Crippen molar-refractivity contribution in [2.24, 2.45) is 0 Å². The van der Waals surface area contributed by atoms with Crippen LogP contribution in [0.5, 0.6) is 0 Å². The van der Waals surface area contributed by atoms with Gasteiger partial charge in [0.15, 0.2) is 5.78 Å². The number of hydrogen-bond donors (Lipinski definition) is 2. The lowest BCUT2D eigenvalue weighted by atomic mass is 10.1. The number of aromatic nitrogens is 1. The largest absolute Gasteiger partial charge is 0.351 e. The maximum absolute atomic E-state index is 11.8. The molecule has 4 heteroatoms. The van der Waals surface area contributed by atoms with E-state index in [1.807, 2.05) is 13.0 Å². The highest BCUT2D eigenvalue weighted by molar-refractivity contribution is 6.01. The van der Waals surface area contributed by atoms with Crippen molar-refractivity contribution in [2.75, 3.05) is 6.54 Å². The summed E-state index contributed by atoms with van der Waals surface area (Å²) in [6.45, 7) is 4.19. The van der Waals surface area contributed by atoms with Crippen molar-refractivity contribution in [2.45, 2.75) is 20.3 Å². The summed E-state index contributed by atoms with van der Waals surface area (Å²) in [7, 11) is 0. The van der Waals surface area contributed by atoms with Crippen molar-refractivity contribution in [1.29, 1.82) is 0 Å². The molecule has 0 spiro atoms. The van der Waals surface area contributed by atoms with Crippen LogP contribution in [0, 0.1) is 0 Å². The van der Waals surface area contributed by atoms with E-state index in [1.165, 1.54) is 6.92 Å². The number of carbonyl (C=O) groups excluding carboxylic acids is 2. The molecule has 1 aromatic carbocycles. The molecule has 18 heavy (non-hydrogen) atoms. The molecule has 2 aromatic rings. The summed E-state index contributed by atoms with van der Waals surface area (Å²) in [5.74, 6) is -0.0903. The fourth-order valence-corrected chi connectivity index (χ4v) is 1.81. The number of fused-ring (bicyclic) bond motifs is 1. The van der Waals surface area contributed by atoms with Crippen LogP contribution in [0.1, 0.15) is 41.1 Å². The Morgan fingerprint density at radius 3 is 2.72 bits per heavy atom. The first-order chi connectivity index (χ1) is 8.61. The third-order valence-electron chi connectivity index (χ3n) is 2.81. The first-order valence-electron chi connectivity index (χ1n) is 6.03. The molecular formula is C14H16N2O2. The third-order valence-corrected chi connectivity index (χ3v) is 2.81. The zero-order valence-electron chi connectivity index (χ0n) is 10.5. The van der Waals surface area contributed by atoms with Crippen LogP contribution in [0.25, 0.3) is 10.9 Å². The molecule has 0 aliphatic carbocycles. The number of ketones is 1. The molecule has 0 saturated heterocycles. The Kier molecular flexibility index (Phi) is 3.46. The normalized spacial score (nSPS) is 10.6. The van der Waals surface area contributed by atoms with Gasteiger partial charge in [-0.05, 0) is 37.6 Å². The summed E-state index contributed by atoms with van der Waals surface area (Å²) < 4.78 is 0. The van der Waals surface area contributed by atoms with Gasteiger partial charge in [0.1, 0.15) is 5.69 Å². The zero-order valence-corrected chi connectivity index (χ0v) is 10.5. The predicted molar refractivity (Wildman–Crippen MR) is 70.9 cm³/mol. The first-order valence-corrected chi connectivity index (χ1v) is 6.03. The van der Waals surface area contributed by atoms with E-state index >= 15 is 0 Å². The minimum absolute atomic E-state index is 0.0232. The second kappa shape index (κ2) is 5.04. The minimum Gasteiger partial charge on any atom is -0.351 e. The molecule has 0 unspecified atom stereocenters. The smallest absolute Gasteiger partial charge is 0.267 e. The number of H-pyrrole nitrogens is 1. The van der Waals surface area contributed by atoms with Gasteiger partial charge in [-0.1, -0.05) is 6.92 Å². The molecule has 0 fully saturated rings. The van der Waals surface area contributed by atoms with Gasteiger partial charge in [0.2, 0.25) is 0 Å². The molecule has 94 valence electrons. The van der Waals surface area contributed by atoms with E-state index in [0.717, 1.165) is 17.3 Å². The molecule has 0 atom stereocenters. The zero-order chi connectivity index (χ0) is 13.1. The SMILES string of the molecule is CCCNC(=O)c1cc2cc(C(C)=O)ccc2[nH]1. The fraction of sp³-hybridized carbons (Fsp3) is 0.286. The average molecular weight is 244 g/mol. The van der Waals surface area contributed by atoms with Gasteiger partial charge in [-0.25, -0.2) is 0 Å². The van der Waals surface area contributed by atoms with E-state index < -0.39 is 0 Å². The number of benzene rings is 1. The molecule has 1 amide bonds. The highest BCUT2D eigenvalue weighted by atomic mass is 16.1. The van der Waals surface area contributed by atoms with E-state index in [2.05, 4.69) is 10.3 Å². The summed E-state index contributed by atoms with van der Waals surface area (Å²) in [5, 5.41) is 3.69. The van der Waals surface area contributed by atoms with E-state index in [0.29, 0.717) is 17.8 Å². The molecule has 0 bridgehead atoms. The number of aromatic amines is 1. The van der Waals surface area contributed by atoms with Crippen molar-refractivity contribution >= 4 is 22.6 Å². The summed E-state index contributed by atoms with van der Waals surface area (Å²) in [5.41, 5.74) is 2.04. The Balaban J connectivity index is 2.32. The van der Waals surface area contributed by atoms with Crippen molar-refractivity contribution in [3.8, 4) is 0 Å². The first kappa shape index (κ1) is 12.4. The number of Topliss-reactive ketones (excluding diaryl/α,β-unsaturated/α-hetero) is 1. The van der Waals surface area contributed by atoms with Gasteiger partial charge >= 0.3 is 0 Å². The molecule has 0 aliphatic rings. The Morgan fingerprint density at radius 1 is 1.28 bits per heavy atom. The standard InChI is InChI=1S/C14H16N2O2/c1-3-6-15-14(18)13-8-11-7-10(9(2)17)4-5-12(11)16-13/h4-5,7-8,16H,3,6H2,1-2H3,(H,15,18). The lowest BCUT2D eigenvalue weighted by molar-refractivity contribution is 0.0948. The molecule has 2 rings (SSSR count). The fourth-order valence-electron chi connectivity index (χ4n) is 1.81. The van der Waals surface area contributed by atoms with Gasteiger partial charge in [-0.3, -0.25) is 9.59 Å². The second-order valence-corrected chi connectivity index (χ2v) is 4.30. The Hall–Kier alpha value is -2.10. The molecule has 0 saturated carbocycles. The second-order valence-electron chi connectivity index (χ2n) is 4.30. The van der Waals surface area contributed by atoms with Crippen LogP contribution in [0.3, 0.4) is 0 Å². The van der Waals surface area contributed by atoms with Crippen molar-refractivity contribution in [3.05, 3.63) is 35.5 Å². The number of carbonyl (C=O) groups is 2. The maximum Gasteiger partial charge on any atom is 0.267 e. The number of hydrogen-bond acceptors (Lipinski definition) is 2. The number of rotatable bonds is 4. The van der Waals surface area contributed by atoms with Crippen LogP contribution in [-0.4, -0.2) is 23.2 Å². The quantitative estimate of drug-likeness (QED) is 0.812. The lowest BCUT2D eigenvalue weighted by Crippen LogP contribution is -2.24. The Labute approximate surface area is 105 Å². The molecule has 4 nitrogen and oxygen atoms in total. The van der Waals surface area contributed by atoms with Crippen molar-refractivity contribution in [3.63, 3.8) is 0 Å². The molecule has 1 aromatic heterocycles. The lowest BCUT2D eigenvalue weighted by Gasteiger charge is -1.99. The monoisotopic (exact) mass is 244 g/mol. The van der Waals surface area contributed by atoms with E-state index in [4.69, 9.17) is 0 Å². The third kappa shape index (κ3) is 2.42. The summed E-state index contributed by atoms with van der Waals surface area (Å²) in [4.78, 5) is 26.1. The van der Waals surface area contributed by atoms with Crippen LogP contribution >= 0.6 is 0 Å². The van der Waals surface area contributed by atoms with E-state index in [-0.39, 0.29) is 11.7 Å². The molecule has 0 radical (unpaired) electrons. The Bertz CT molecular complexity index is 599. The molecule has 0 aliphatic heterocycles. The average Bonchev–Trinajstić information content (AvgIpc) is 2.78. The van der Waals surface area contributed by atoms with Gasteiger partial charge in [0, 0.05) is 23.0 Å². The highest BCUT2D eigenvalue weighted by Gasteiger charge is 2.09. The number of nitrogens with one attached hydrogen (secondary N) is 2. The van der Waals surface area contributed by atoms with Crippen LogP contribution < -0.4 is 5.32 Å². The van der Waals surface area contributed by atoms with Gasteiger partial charge in [0.25, 0.3) is 5.91 Å². The molecular weight excluding hydrogens is 228 g/mol. The highest BCUT2D eigenvalue weighted by Crippen LogP contribution is 2.17. The van der Waals surface area contributed by atoms with Crippen LogP contribution in [0.15, 0.2) is 24.3 Å². The van der Waals surface area contributed by atoms with Crippen LogP contribution in [0.2, 0.25) is 0 Å². The van der Waals surface area contributed by atoms with Crippen molar-refractivity contribution in [1.82, 2.24) is 10.3 Å². The van der Waals surface area contributed by atoms with E-state index in [9.17, 15) is 9.59 Å². The van der Waals surface area contributed by atoms with Crippen LogP contribution in [0.4, 0.5) is 0 Å². The molecule has 1 heterocycles. The van der Waals surface area contributed by atoms with Gasteiger partial charge < -0.3 is 10.3 Å². The maximum atomic E-state index is 11.8. The van der Waals surface area contributed by atoms with E-state index in [1.54, 1.807) is 18.2 Å². The van der Waals surface area contributed by atoms with Crippen LogP contribution in [-0.2, 0) is 0 Å². The summed E-state index contributed by atoms with van der Waals surface area (Å²) >= 11 is 0. The summed E-state index contributed by atoms with van der Waals surface area (Å²) in [6.07, 6.45) is 0.903. The summed E-state index contributed by atoms with van der Waals surface area (Å²) in [6, 6.07) is 7.15. The van der Waals surface area contributed by atoms with Crippen molar-refractivity contribution < 1.29 is 9.59 Å². The number of amides is 1. The Morgan fingerprint density at radius 2 is 2.06 bits per heavy atom. The predicted octanol–water partition coefficient (Wildman–Crippen LogP) is 2.51. The molecule has 2 N–H and O–H groups in total. The van der Waals surface area contributed by atoms with Gasteiger partial charge in [-0.2, -0.15) is 0 Å².